The first-order valence-corrected chi connectivity index (χ1v) is 10.8. The van der Waals surface area contributed by atoms with Gasteiger partial charge in [0.15, 0.2) is 5.13 Å². The second kappa shape index (κ2) is 9.21. The van der Waals surface area contributed by atoms with Crippen LogP contribution in [0, 0.1) is 11.7 Å². The van der Waals surface area contributed by atoms with Crippen molar-refractivity contribution in [3.05, 3.63) is 53.9 Å². The Balaban J connectivity index is 1.38. The Bertz CT molecular complexity index is 1000. The monoisotopic (exact) mass is 426 g/mol. The molecule has 0 aliphatic heterocycles. The van der Waals surface area contributed by atoms with Crippen LogP contribution in [-0.4, -0.2) is 29.0 Å². The number of ether oxygens (including phenoxy) is 1. The molecule has 0 bridgehead atoms. The van der Waals surface area contributed by atoms with Crippen molar-refractivity contribution in [2.45, 2.75) is 31.7 Å². The van der Waals surface area contributed by atoms with Crippen molar-refractivity contribution in [2.24, 2.45) is 5.92 Å². The number of thiazole rings is 1. The Hall–Kier alpha value is -3.00. The number of amides is 1. The Morgan fingerprint density at radius 1 is 1.13 bits per heavy atom. The van der Waals surface area contributed by atoms with Crippen molar-refractivity contribution in [2.75, 3.05) is 17.7 Å². The molecule has 0 unspecified atom stereocenters. The number of hydrogen-bond acceptors (Lipinski definition) is 6. The van der Waals surface area contributed by atoms with Gasteiger partial charge in [-0.25, -0.2) is 14.4 Å². The molecule has 8 heteroatoms. The van der Waals surface area contributed by atoms with Gasteiger partial charge < -0.3 is 15.4 Å². The van der Waals surface area contributed by atoms with Crippen molar-refractivity contribution < 1.29 is 13.9 Å². The van der Waals surface area contributed by atoms with Gasteiger partial charge >= 0.3 is 0 Å². The third-order valence-electron chi connectivity index (χ3n) is 5.34. The number of nitrogens with zero attached hydrogens (tertiary/aromatic N) is 2. The first kappa shape index (κ1) is 20.3. The maximum Gasteiger partial charge on any atom is 0.228 e. The van der Waals surface area contributed by atoms with Crippen molar-refractivity contribution in [3.63, 3.8) is 0 Å². The smallest absolute Gasteiger partial charge is 0.228 e. The third-order valence-corrected chi connectivity index (χ3v) is 6.05. The van der Waals surface area contributed by atoms with Crippen LogP contribution in [0.2, 0.25) is 0 Å². The summed E-state index contributed by atoms with van der Waals surface area (Å²) in [5.74, 6) is 0.498. The summed E-state index contributed by atoms with van der Waals surface area (Å²) < 4.78 is 18.8. The zero-order chi connectivity index (χ0) is 20.9. The van der Waals surface area contributed by atoms with E-state index in [4.69, 9.17) is 4.74 Å². The number of nitrogens with one attached hydrogen (secondary N) is 2. The van der Waals surface area contributed by atoms with Crippen molar-refractivity contribution in [3.8, 4) is 16.9 Å². The summed E-state index contributed by atoms with van der Waals surface area (Å²) in [6.07, 6.45) is 6.91. The normalized spacial score (nSPS) is 18.6. The van der Waals surface area contributed by atoms with Gasteiger partial charge in [0.25, 0.3) is 0 Å². The number of methoxy groups -OCH3 is 1. The molecule has 0 radical (unpaired) electrons. The molecule has 1 saturated carbocycles. The van der Waals surface area contributed by atoms with E-state index in [2.05, 4.69) is 20.6 Å². The molecule has 2 N–H and O–H groups in total. The van der Waals surface area contributed by atoms with Crippen LogP contribution in [0.3, 0.4) is 0 Å². The fourth-order valence-electron chi connectivity index (χ4n) is 3.77. The van der Waals surface area contributed by atoms with Gasteiger partial charge in [0.1, 0.15) is 17.4 Å². The molecule has 2 heterocycles. The molecule has 1 fully saturated rings. The Labute approximate surface area is 178 Å². The largest absolute Gasteiger partial charge is 0.496 e. The molecule has 4 rings (SSSR count). The quantitative estimate of drug-likeness (QED) is 0.583. The summed E-state index contributed by atoms with van der Waals surface area (Å²) in [7, 11) is 1.50. The predicted octanol–water partition coefficient (Wildman–Crippen LogP) is 4.96. The van der Waals surface area contributed by atoms with Gasteiger partial charge in [-0.1, -0.05) is 0 Å². The summed E-state index contributed by atoms with van der Waals surface area (Å²) >= 11 is 1.59. The van der Waals surface area contributed by atoms with Crippen molar-refractivity contribution in [1.29, 1.82) is 0 Å². The third kappa shape index (κ3) is 4.76. The highest BCUT2D eigenvalue weighted by Crippen LogP contribution is 2.32. The number of benzene rings is 1. The first-order chi connectivity index (χ1) is 14.6. The minimum absolute atomic E-state index is 0.0154. The molecular formula is C22H23FN4O2S. The molecule has 1 aliphatic carbocycles. The summed E-state index contributed by atoms with van der Waals surface area (Å²) in [5, 5.41) is 9.25. The first-order valence-electron chi connectivity index (χ1n) is 9.89. The number of anilines is 2. The zero-order valence-electron chi connectivity index (χ0n) is 16.6. The van der Waals surface area contributed by atoms with E-state index in [-0.39, 0.29) is 17.6 Å². The van der Waals surface area contributed by atoms with Crippen molar-refractivity contribution in [1.82, 2.24) is 9.97 Å². The van der Waals surface area contributed by atoms with E-state index in [1.54, 1.807) is 41.9 Å². The highest BCUT2D eigenvalue weighted by molar-refractivity contribution is 7.13. The molecule has 156 valence electrons. The Morgan fingerprint density at radius 2 is 1.97 bits per heavy atom. The number of carbonyl (C=O) groups is 1. The van der Waals surface area contributed by atoms with E-state index >= 15 is 0 Å². The van der Waals surface area contributed by atoms with E-state index in [9.17, 15) is 9.18 Å². The summed E-state index contributed by atoms with van der Waals surface area (Å²) in [5.41, 5.74) is 1.54. The fourth-order valence-corrected chi connectivity index (χ4v) is 4.37. The molecule has 1 amide bonds. The lowest BCUT2D eigenvalue weighted by atomic mass is 9.85. The van der Waals surface area contributed by atoms with Crippen molar-refractivity contribution >= 4 is 28.2 Å². The highest BCUT2D eigenvalue weighted by Gasteiger charge is 2.27. The minimum atomic E-state index is -0.363. The van der Waals surface area contributed by atoms with Gasteiger partial charge in [-0.2, -0.15) is 0 Å². The number of rotatable bonds is 6. The number of halogens is 1. The van der Waals surface area contributed by atoms with Crippen LogP contribution in [0.4, 0.5) is 15.3 Å². The van der Waals surface area contributed by atoms with Crippen LogP contribution >= 0.6 is 11.3 Å². The van der Waals surface area contributed by atoms with Gasteiger partial charge in [-0.15, -0.1) is 11.3 Å². The van der Waals surface area contributed by atoms with Gasteiger partial charge in [-0.05, 0) is 55.5 Å². The lowest BCUT2D eigenvalue weighted by Gasteiger charge is -2.28. The SMILES string of the molecule is COc1cc(F)ccc1-c1ccnc(NC(=O)[C@H]2CC[C@@H](Nc3nccs3)CC2)c1. The van der Waals surface area contributed by atoms with E-state index in [0.717, 1.165) is 41.9 Å². The van der Waals surface area contributed by atoms with E-state index in [1.807, 2.05) is 5.38 Å². The maximum atomic E-state index is 13.5. The molecule has 30 heavy (non-hydrogen) atoms. The lowest BCUT2D eigenvalue weighted by Crippen LogP contribution is -2.32. The molecule has 0 saturated heterocycles. The average molecular weight is 427 g/mol. The van der Waals surface area contributed by atoms with Gasteiger partial charge in [0.05, 0.1) is 7.11 Å². The fraction of sp³-hybridized carbons (Fsp3) is 0.318. The standard InChI is InChI=1S/C22H23FN4O2S/c1-29-19-13-16(23)4-7-18(19)15-8-9-24-20(12-15)27-21(28)14-2-5-17(6-3-14)26-22-25-10-11-30-22/h4,7-14,17H,2-3,5-6H2,1H3,(H,25,26)(H,24,27,28)/t14-,17+. The molecule has 6 nitrogen and oxygen atoms in total. The summed E-state index contributed by atoms with van der Waals surface area (Å²) in [4.78, 5) is 21.3. The van der Waals surface area contributed by atoms with Gasteiger partial charge in [0, 0.05) is 41.4 Å². The molecule has 0 spiro atoms. The molecule has 1 aliphatic rings. The van der Waals surface area contributed by atoms with E-state index in [0.29, 0.717) is 17.6 Å². The summed E-state index contributed by atoms with van der Waals surface area (Å²) in [6.45, 7) is 0. The summed E-state index contributed by atoms with van der Waals surface area (Å²) in [6, 6.07) is 8.32. The molecular weight excluding hydrogens is 403 g/mol. The predicted molar refractivity (Wildman–Crippen MR) is 116 cm³/mol. The van der Waals surface area contributed by atoms with Crippen LogP contribution in [0.1, 0.15) is 25.7 Å². The number of pyridine rings is 1. The minimum Gasteiger partial charge on any atom is -0.496 e. The zero-order valence-corrected chi connectivity index (χ0v) is 17.4. The van der Waals surface area contributed by atoms with Crippen LogP contribution in [-0.2, 0) is 4.79 Å². The second-order valence-electron chi connectivity index (χ2n) is 7.29. The number of carbonyl (C=O) groups excluding carboxylic acids is 1. The van der Waals surface area contributed by atoms with E-state index in [1.165, 1.54) is 19.2 Å². The van der Waals surface area contributed by atoms with Crippen LogP contribution in [0.5, 0.6) is 5.75 Å². The van der Waals surface area contributed by atoms with Crippen LogP contribution in [0.15, 0.2) is 48.1 Å². The highest BCUT2D eigenvalue weighted by atomic mass is 32.1. The van der Waals surface area contributed by atoms with E-state index < -0.39 is 0 Å². The Morgan fingerprint density at radius 3 is 2.70 bits per heavy atom. The topological polar surface area (TPSA) is 76.1 Å². The molecule has 0 atom stereocenters. The number of aromatic nitrogens is 2. The Kier molecular flexibility index (Phi) is 6.23. The lowest BCUT2D eigenvalue weighted by molar-refractivity contribution is -0.120. The van der Waals surface area contributed by atoms with Crippen LogP contribution in [0.25, 0.3) is 11.1 Å². The maximum absolute atomic E-state index is 13.5. The van der Waals surface area contributed by atoms with Gasteiger partial charge in [0.2, 0.25) is 5.91 Å². The average Bonchev–Trinajstić information content (AvgIpc) is 3.27. The van der Waals surface area contributed by atoms with Crippen LogP contribution < -0.4 is 15.4 Å². The second-order valence-corrected chi connectivity index (χ2v) is 8.19. The van der Waals surface area contributed by atoms with Gasteiger partial charge in [-0.3, -0.25) is 4.79 Å². The molecule has 1 aromatic carbocycles. The molecule has 3 aromatic rings. The molecule has 2 aromatic heterocycles. The number of hydrogen-bond donors (Lipinski definition) is 2.